The molecule has 3 saturated heterocycles. The number of anilines is 1. The number of aliphatic hydroxyl groups is 1. The highest BCUT2D eigenvalue weighted by Gasteiger charge is 2.77. The van der Waals surface area contributed by atoms with E-state index in [-0.39, 0.29) is 24.7 Å². The molecule has 1 unspecified atom stereocenters. The van der Waals surface area contributed by atoms with Gasteiger partial charge in [-0.2, -0.15) is 5.26 Å². The Morgan fingerprint density at radius 2 is 1.76 bits per heavy atom. The SMILES string of the molecule is CC(=O)c1ccc(OCC[C@]23CC(O)[C@](C)(O2)[C@@H]2C(=O)N(c4ccc(C#N)c5ccccc45)C(=O)[C@@H]23)cc1. The first-order valence-corrected chi connectivity index (χ1v) is 12.6. The number of nitriles is 1. The minimum absolute atomic E-state index is 0.0379. The Labute approximate surface area is 219 Å². The summed E-state index contributed by atoms with van der Waals surface area (Å²) in [6, 6.07) is 19.4. The lowest BCUT2D eigenvalue weighted by atomic mass is 9.66. The van der Waals surface area contributed by atoms with Crippen LogP contribution in [0, 0.1) is 23.2 Å². The highest BCUT2D eigenvalue weighted by atomic mass is 16.6. The number of hydrogen-bond acceptors (Lipinski definition) is 7. The summed E-state index contributed by atoms with van der Waals surface area (Å²) >= 11 is 0. The Morgan fingerprint density at radius 1 is 1.08 bits per heavy atom. The van der Waals surface area contributed by atoms with Crippen LogP contribution in [0.4, 0.5) is 5.69 Å². The minimum atomic E-state index is -1.20. The Kier molecular flexibility index (Phi) is 5.42. The Bertz CT molecular complexity index is 1540. The zero-order valence-electron chi connectivity index (χ0n) is 21.0. The molecule has 3 aromatic carbocycles. The van der Waals surface area contributed by atoms with E-state index in [0.717, 1.165) is 0 Å². The van der Waals surface area contributed by atoms with E-state index in [0.29, 0.717) is 39.8 Å². The van der Waals surface area contributed by atoms with Gasteiger partial charge in [0.05, 0.1) is 47.5 Å². The van der Waals surface area contributed by atoms with E-state index < -0.39 is 35.0 Å². The van der Waals surface area contributed by atoms with Crippen molar-refractivity contribution in [3.8, 4) is 11.8 Å². The van der Waals surface area contributed by atoms with E-state index >= 15 is 0 Å². The fraction of sp³-hybridized carbons (Fsp3) is 0.333. The Hall–Kier alpha value is -4.06. The summed E-state index contributed by atoms with van der Waals surface area (Å²) < 4.78 is 12.3. The molecule has 8 nitrogen and oxygen atoms in total. The van der Waals surface area contributed by atoms with Crippen LogP contribution >= 0.6 is 0 Å². The average molecular weight is 511 g/mol. The molecule has 3 aromatic rings. The highest BCUT2D eigenvalue weighted by molar-refractivity contribution is 6.26. The smallest absolute Gasteiger partial charge is 0.240 e. The Morgan fingerprint density at radius 3 is 2.45 bits per heavy atom. The first-order chi connectivity index (χ1) is 18.2. The molecule has 192 valence electrons. The monoisotopic (exact) mass is 510 g/mol. The molecule has 38 heavy (non-hydrogen) atoms. The molecule has 8 heteroatoms. The molecule has 2 bridgehead atoms. The molecule has 6 rings (SSSR count). The highest BCUT2D eigenvalue weighted by Crippen LogP contribution is 2.62. The molecular formula is C30H26N2O6. The lowest BCUT2D eigenvalue weighted by Gasteiger charge is -2.33. The van der Waals surface area contributed by atoms with E-state index in [1.165, 1.54) is 11.8 Å². The fourth-order valence-corrected chi connectivity index (χ4v) is 6.56. The molecule has 0 spiro atoms. The van der Waals surface area contributed by atoms with Crippen molar-refractivity contribution in [3.05, 3.63) is 71.8 Å². The van der Waals surface area contributed by atoms with Crippen LogP contribution in [0.1, 0.15) is 42.6 Å². The number of rotatable bonds is 6. The lowest BCUT2D eigenvalue weighted by molar-refractivity contribution is -0.134. The summed E-state index contributed by atoms with van der Waals surface area (Å²) in [7, 11) is 0. The van der Waals surface area contributed by atoms with Crippen molar-refractivity contribution >= 4 is 34.1 Å². The maximum atomic E-state index is 14.0. The van der Waals surface area contributed by atoms with Gasteiger partial charge in [-0.1, -0.05) is 24.3 Å². The largest absolute Gasteiger partial charge is 0.493 e. The van der Waals surface area contributed by atoms with Gasteiger partial charge >= 0.3 is 0 Å². The topological polar surface area (TPSA) is 117 Å². The number of carbonyl (C=O) groups is 3. The first-order valence-electron chi connectivity index (χ1n) is 12.6. The van der Waals surface area contributed by atoms with Crippen LogP contribution in [0.3, 0.4) is 0 Å². The number of ether oxygens (including phenoxy) is 2. The predicted octanol–water partition coefficient (Wildman–Crippen LogP) is 3.78. The van der Waals surface area contributed by atoms with Crippen LogP contribution in [0.2, 0.25) is 0 Å². The van der Waals surface area contributed by atoms with Crippen molar-refractivity contribution in [1.82, 2.24) is 0 Å². The molecule has 3 heterocycles. The number of nitrogens with zero attached hydrogens (tertiary/aromatic N) is 2. The van der Waals surface area contributed by atoms with Gasteiger partial charge in [-0.3, -0.25) is 14.4 Å². The third kappa shape index (κ3) is 3.32. The zero-order chi connectivity index (χ0) is 26.8. The molecule has 3 aliphatic rings. The second kappa shape index (κ2) is 8.48. The van der Waals surface area contributed by atoms with E-state index in [4.69, 9.17) is 9.47 Å². The van der Waals surface area contributed by atoms with Crippen molar-refractivity contribution < 1.29 is 29.0 Å². The van der Waals surface area contributed by atoms with Crippen LogP contribution in [0.15, 0.2) is 60.7 Å². The van der Waals surface area contributed by atoms with Crippen molar-refractivity contribution in [2.75, 3.05) is 11.5 Å². The average Bonchev–Trinajstić information content (AvgIpc) is 3.44. The number of aliphatic hydroxyl groups excluding tert-OH is 1. The van der Waals surface area contributed by atoms with Gasteiger partial charge in [0, 0.05) is 29.2 Å². The van der Waals surface area contributed by atoms with Crippen molar-refractivity contribution in [3.63, 3.8) is 0 Å². The number of amides is 2. The van der Waals surface area contributed by atoms with Crippen LogP contribution in [-0.2, 0) is 14.3 Å². The van der Waals surface area contributed by atoms with Crippen LogP contribution in [-0.4, -0.2) is 46.6 Å². The predicted molar refractivity (Wildman–Crippen MR) is 138 cm³/mol. The second-order valence-electron chi connectivity index (χ2n) is 10.5. The molecule has 3 aliphatic heterocycles. The molecule has 0 aromatic heterocycles. The van der Waals surface area contributed by atoms with Gasteiger partial charge in [-0.25, -0.2) is 4.90 Å². The zero-order valence-corrected chi connectivity index (χ0v) is 21.0. The summed E-state index contributed by atoms with van der Waals surface area (Å²) in [5, 5.41) is 21.8. The number of hydrogen-bond donors (Lipinski definition) is 1. The van der Waals surface area contributed by atoms with Crippen LogP contribution < -0.4 is 9.64 Å². The van der Waals surface area contributed by atoms with Gasteiger partial charge in [0.1, 0.15) is 11.4 Å². The standard InChI is InChI=1S/C30H26N2O6/c1-17(33)18-7-10-20(11-8-18)37-14-13-30-15-24(34)29(2,38-30)25-26(30)28(36)32(27(25)35)23-12-9-19(16-31)21-5-3-4-6-22(21)23/h3-12,24-26,34H,13-15H2,1-2H3/t24?,25-,26+,29-,30+/m0/s1. The summed E-state index contributed by atoms with van der Waals surface area (Å²) in [4.78, 5) is 40.6. The fourth-order valence-electron chi connectivity index (χ4n) is 6.56. The second-order valence-corrected chi connectivity index (χ2v) is 10.5. The molecule has 0 radical (unpaired) electrons. The minimum Gasteiger partial charge on any atom is -0.493 e. The summed E-state index contributed by atoms with van der Waals surface area (Å²) in [5.74, 6) is -1.83. The molecule has 1 N–H and O–H groups in total. The third-order valence-corrected chi connectivity index (χ3v) is 8.43. The lowest BCUT2D eigenvalue weighted by Crippen LogP contribution is -2.49. The molecule has 0 aliphatic carbocycles. The molecular weight excluding hydrogens is 484 g/mol. The molecule has 0 saturated carbocycles. The Balaban J connectivity index is 1.32. The maximum Gasteiger partial charge on any atom is 0.240 e. The number of carbonyl (C=O) groups excluding carboxylic acids is 3. The van der Waals surface area contributed by atoms with E-state index in [2.05, 4.69) is 6.07 Å². The molecule has 5 atom stereocenters. The molecule has 2 amide bonds. The van der Waals surface area contributed by atoms with Crippen molar-refractivity contribution in [2.45, 2.75) is 44.0 Å². The number of benzene rings is 3. The van der Waals surface area contributed by atoms with Gasteiger partial charge in [0.2, 0.25) is 11.8 Å². The quantitative estimate of drug-likeness (QED) is 0.396. The van der Waals surface area contributed by atoms with Crippen molar-refractivity contribution in [1.29, 1.82) is 5.26 Å². The van der Waals surface area contributed by atoms with Gasteiger partial charge in [0.15, 0.2) is 5.78 Å². The van der Waals surface area contributed by atoms with E-state index in [1.54, 1.807) is 61.5 Å². The number of Topliss-reactive ketones (excluding diaryl/α,β-unsaturated/α-hetero) is 1. The van der Waals surface area contributed by atoms with Crippen molar-refractivity contribution in [2.24, 2.45) is 11.8 Å². The van der Waals surface area contributed by atoms with Gasteiger partial charge in [-0.15, -0.1) is 0 Å². The summed E-state index contributed by atoms with van der Waals surface area (Å²) in [6.07, 6.45) is -0.387. The van der Waals surface area contributed by atoms with Gasteiger partial charge < -0.3 is 14.6 Å². The van der Waals surface area contributed by atoms with Gasteiger partial charge in [-0.05, 0) is 50.2 Å². The summed E-state index contributed by atoms with van der Waals surface area (Å²) in [5.41, 5.74) is -0.782. The molecule has 3 fully saturated rings. The normalized spacial score (nSPS) is 29.5. The third-order valence-electron chi connectivity index (χ3n) is 8.43. The number of fused-ring (bicyclic) bond motifs is 6. The van der Waals surface area contributed by atoms with Gasteiger partial charge in [0.25, 0.3) is 0 Å². The number of imide groups is 1. The summed E-state index contributed by atoms with van der Waals surface area (Å²) in [6.45, 7) is 3.40. The van der Waals surface area contributed by atoms with Crippen LogP contribution in [0.5, 0.6) is 5.75 Å². The first kappa shape index (κ1) is 24.3. The maximum absolute atomic E-state index is 14.0. The van der Waals surface area contributed by atoms with E-state index in [1.807, 2.05) is 6.07 Å². The van der Waals surface area contributed by atoms with E-state index in [9.17, 15) is 24.8 Å². The van der Waals surface area contributed by atoms with Crippen LogP contribution in [0.25, 0.3) is 10.8 Å². The number of ketones is 1.